The first kappa shape index (κ1) is 15.9. The summed E-state index contributed by atoms with van der Waals surface area (Å²) in [4.78, 5) is 26.9. The number of morpholine rings is 1. The maximum Gasteiger partial charge on any atom is 0.317 e. The van der Waals surface area contributed by atoms with E-state index in [0.717, 1.165) is 18.8 Å². The lowest BCUT2D eigenvalue weighted by molar-refractivity contribution is -0.0367. The van der Waals surface area contributed by atoms with Gasteiger partial charge in [-0.1, -0.05) is 0 Å². The summed E-state index contributed by atoms with van der Waals surface area (Å²) in [6.07, 6.45) is 1.83. The Hall–Kier alpha value is -1.93. The number of anilines is 1. The number of nitrogens with one attached hydrogen (secondary N) is 1. The number of aromatic nitrogens is 2. The number of carbonyl (C=O) groups excluding carboxylic acids is 1. The van der Waals surface area contributed by atoms with Gasteiger partial charge in [-0.2, -0.15) is 0 Å². The van der Waals surface area contributed by atoms with Crippen molar-refractivity contribution in [1.82, 2.24) is 25.1 Å². The summed E-state index contributed by atoms with van der Waals surface area (Å²) in [5, 5.41) is 2.94. The molecule has 1 aromatic rings. The first-order valence-electron chi connectivity index (χ1n) is 7.88. The number of hydrogen-bond acceptors (Lipinski definition) is 6. The van der Waals surface area contributed by atoms with E-state index in [0.29, 0.717) is 31.6 Å². The smallest absolute Gasteiger partial charge is 0.317 e. The zero-order chi connectivity index (χ0) is 16.4. The van der Waals surface area contributed by atoms with E-state index in [-0.39, 0.29) is 12.1 Å². The number of likely N-dealkylation sites (tertiary alicyclic amines) is 1. The van der Waals surface area contributed by atoms with Crippen LogP contribution in [-0.2, 0) is 11.3 Å². The minimum atomic E-state index is -0.0681. The lowest BCUT2D eigenvalue weighted by atomic mass is 10.1. The first-order valence-corrected chi connectivity index (χ1v) is 7.88. The van der Waals surface area contributed by atoms with Crippen molar-refractivity contribution in [2.24, 2.45) is 0 Å². The van der Waals surface area contributed by atoms with Crippen LogP contribution in [0.15, 0.2) is 12.3 Å². The highest BCUT2D eigenvalue weighted by Crippen LogP contribution is 2.21. The third-order valence-corrected chi connectivity index (χ3v) is 4.39. The summed E-state index contributed by atoms with van der Waals surface area (Å²) in [5.41, 5.74) is 0.794. The number of fused-ring (bicyclic) bond motifs is 1. The number of likely N-dealkylation sites (N-methyl/N-ethyl adjacent to an activating group) is 1. The van der Waals surface area contributed by atoms with Crippen molar-refractivity contribution >= 4 is 12.0 Å². The predicted octanol–water partition coefficient (Wildman–Crippen LogP) is -0.233. The fourth-order valence-electron chi connectivity index (χ4n) is 3.00. The molecule has 2 fully saturated rings. The van der Waals surface area contributed by atoms with E-state index in [2.05, 4.69) is 27.2 Å². The van der Waals surface area contributed by atoms with Gasteiger partial charge in [0.05, 0.1) is 37.5 Å². The van der Waals surface area contributed by atoms with Crippen LogP contribution < -0.4 is 10.2 Å². The number of hydrogen-bond donors (Lipinski definition) is 1. The summed E-state index contributed by atoms with van der Waals surface area (Å²) in [6.45, 7) is 3.41. The van der Waals surface area contributed by atoms with Crippen LogP contribution in [0.3, 0.4) is 0 Å². The van der Waals surface area contributed by atoms with E-state index < -0.39 is 0 Å². The van der Waals surface area contributed by atoms with Gasteiger partial charge in [0.2, 0.25) is 5.95 Å². The molecule has 2 aliphatic heterocycles. The van der Waals surface area contributed by atoms with Crippen LogP contribution in [0, 0.1) is 0 Å². The summed E-state index contributed by atoms with van der Waals surface area (Å²) in [5.74, 6) is 0.638. The molecule has 0 saturated carbocycles. The molecule has 0 radical (unpaired) electrons. The molecule has 3 rings (SSSR count). The van der Waals surface area contributed by atoms with Gasteiger partial charge in [0.25, 0.3) is 0 Å². The topological polar surface area (TPSA) is 73.8 Å². The predicted molar refractivity (Wildman–Crippen MR) is 86.3 cm³/mol. The Morgan fingerprint density at radius 1 is 1.48 bits per heavy atom. The minimum Gasteiger partial charge on any atom is -0.373 e. The molecule has 3 heterocycles. The average molecular weight is 320 g/mol. The summed E-state index contributed by atoms with van der Waals surface area (Å²) in [6, 6.07) is 2.05. The van der Waals surface area contributed by atoms with Crippen molar-refractivity contribution in [2.75, 3.05) is 52.3 Å². The number of amides is 2. The van der Waals surface area contributed by atoms with Crippen molar-refractivity contribution in [3.05, 3.63) is 18.0 Å². The van der Waals surface area contributed by atoms with Crippen molar-refractivity contribution < 1.29 is 9.53 Å². The molecule has 0 aromatic carbocycles. The van der Waals surface area contributed by atoms with Gasteiger partial charge < -0.3 is 19.9 Å². The molecule has 0 bridgehead atoms. The SMILES string of the molecule is CN(C)c1nccc(CNC(=O)N2C[C@H]3OCCN(C)[C@H]3C2)n1. The number of rotatable bonds is 3. The summed E-state index contributed by atoms with van der Waals surface area (Å²) >= 11 is 0. The molecule has 0 unspecified atom stereocenters. The zero-order valence-corrected chi connectivity index (χ0v) is 13.9. The van der Waals surface area contributed by atoms with Gasteiger partial charge in [-0.25, -0.2) is 14.8 Å². The minimum absolute atomic E-state index is 0.0681. The third kappa shape index (κ3) is 3.53. The van der Waals surface area contributed by atoms with Crippen LogP contribution in [0.4, 0.5) is 10.7 Å². The molecule has 0 aliphatic carbocycles. The van der Waals surface area contributed by atoms with Crippen molar-refractivity contribution in [3.8, 4) is 0 Å². The van der Waals surface area contributed by atoms with E-state index in [1.54, 1.807) is 6.20 Å². The Bertz CT molecular complexity index is 567. The van der Waals surface area contributed by atoms with E-state index in [1.807, 2.05) is 30.0 Å². The lowest BCUT2D eigenvalue weighted by Gasteiger charge is -2.33. The molecule has 0 spiro atoms. The largest absolute Gasteiger partial charge is 0.373 e. The highest BCUT2D eigenvalue weighted by molar-refractivity contribution is 5.74. The van der Waals surface area contributed by atoms with Crippen LogP contribution in [-0.4, -0.2) is 85.3 Å². The fourth-order valence-corrected chi connectivity index (χ4v) is 3.00. The van der Waals surface area contributed by atoms with Gasteiger partial charge in [-0.15, -0.1) is 0 Å². The summed E-state index contributed by atoms with van der Waals surface area (Å²) < 4.78 is 5.77. The molecular formula is C15H24N6O2. The number of nitrogens with zero attached hydrogens (tertiary/aromatic N) is 5. The van der Waals surface area contributed by atoms with Gasteiger partial charge in [0.1, 0.15) is 0 Å². The number of urea groups is 1. The van der Waals surface area contributed by atoms with E-state index in [9.17, 15) is 4.79 Å². The standard InChI is InChI=1S/C15H24N6O2/c1-19(2)14-16-5-4-11(18-14)8-17-15(22)21-9-12-13(10-21)23-7-6-20(12)3/h4-5,12-13H,6-10H2,1-3H3,(H,17,22)/t12-,13+/m0/s1. The molecule has 23 heavy (non-hydrogen) atoms. The number of ether oxygens (including phenoxy) is 1. The van der Waals surface area contributed by atoms with Gasteiger partial charge >= 0.3 is 6.03 Å². The monoisotopic (exact) mass is 320 g/mol. The Balaban J connectivity index is 1.55. The quantitative estimate of drug-likeness (QED) is 0.829. The van der Waals surface area contributed by atoms with E-state index in [1.165, 1.54) is 0 Å². The van der Waals surface area contributed by atoms with Crippen LogP contribution in [0.5, 0.6) is 0 Å². The highest BCUT2D eigenvalue weighted by atomic mass is 16.5. The molecule has 2 aliphatic rings. The summed E-state index contributed by atoms with van der Waals surface area (Å²) in [7, 11) is 5.87. The lowest BCUT2D eigenvalue weighted by Crippen LogP contribution is -2.48. The molecule has 126 valence electrons. The number of carbonyl (C=O) groups is 1. The second-order valence-corrected chi connectivity index (χ2v) is 6.26. The second kappa shape index (κ2) is 6.67. The molecule has 1 N–H and O–H groups in total. The molecule has 2 saturated heterocycles. The van der Waals surface area contributed by atoms with Gasteiger partial charge in [0.15, 0.2) is 0 Å². The van der Waals surface area contributed by atoms with Gasteiger partial charge in [-0.3, -0.25) is 4.90 Å². The Labute approximate surface area is 136 Å². The van der Waals surface area contributed by atoms with Gasteiger partial charge in [-0.05, 0) is 13.1 Å². The van der Waals surface area contributed by atoms with Crippen LogP contribution >= 0.6 is 0 Å². The van der Waals surface area contributed by atoms with Gasteiger partial charge in [0, 0.05) is 33.4 Å². The fraction of sp³-hybridized carbons (Fsp3) is 0.667. The molecule has 8 heteroatoms. The Morgan fingerprint density at radius 2 is 2.30 bits per heavy atom. The third-order valence-electron chi connectivity index (χ3n) is 4.39. The van der Waals surface area contributed by atoms with Crippen LogP contribution in [0.25, 0.3) is 0 Å². The van der Waals surface area contributed by atoms with E-state index >= 15 is 0 Å². The van der Waals surface area contributed by atoms with E-state index in [4.69, 9.17) is 4.74 Å². The van der Waals surface area contributed by atoms with Crippen molar-refractivity contribution in [1.29, 1.82) is 0 Å². The Kier molecular flexibility index (Phi) is 4.63. The van der Waals surface area contributed by atoms with Crippen molar-refractivity contribution in [2.45, 2.75) is 18.7 Å². The molecule has 2 atom stereocenters. The Morgan fingerprint density at radius 3 is 3.04 bits per heavy atom. The van der Waals surface area contributed by atoms with Crippen molar-refractivity contribution in [3.63, 3.8) is 0 Å². The maximum absolute atomic E-state index is 12.4. The first-order chi connectivity index (χ1) is 11.0. The van der Waals surface area contributed by atoms with Crippen LogP contribution in [0.1, 0.15) is 5.69 Å². The molecule has 1 aromatic heterocycles. The normalized spacial score (nSPS) is 24.4. The maximum atomic E-state index is 12.4. The zero-order valence-electron chi connectivity index (χ0n) is 13.9. The molecular weight excluding hydrogens is 296 g/mol. The molecule has 8 nitrogen and oxygen atoms in total. The van der Waals surface area contributed by atoms with Crippen LogP contribution in [0.2, 0.25) is 0 Å². The average Bonchev–Trinajstić information content (AvgIpc) is 2.98. The highest BCUT2D eigenvalue weighted by Gasteiger charge is 2.40. The molecule has 2 amide bonds. The second-order valence-electron chi connectivity index (χ2n) is 6.26.